The van der Waals surface area contributed by atoms with Crippen LogP contribution >= 0.6 is 7.92 Å². The molecule has 7 nitrogen and oxygen atoms in total. The molecule has 0 fully saturated rings. The predicted octanol–water partition coefficient (Wildman–Crippen LogP) is 3.00. The van der Waals surface area contributed by atoms with Crippen LogP contribution < -0.4 is 21.9 Å². The topological polar surface area (TPSA) is 98.9 Å². The van der Waals surface area contributed by atoms with Crippen molar-refractivity contribution in [3.8, 4) is 11.3 Å². The maximum absolute atomic E-state index is 14.6. The quantitative estimate of drug-likeness (QED) is 0.291. The van der Waals surface area contributed by atoms with E-state index in [0.717, 1.165) is 10.9 Å². The highest BCUT2D eigenvalue weighted by Crippen LogP contribution is 2.27. The Labute approximate surface area is 175 Å². The number of hydrogen-bond acceptors (Lipinski definition) is 6. The Morgan fingerprint density at radius 3 is 2.60 bits per heavy atom. The van der Waals surface area contributed by atoms with Gasteiger partial charge in [-0.3, -0.25) is 9.69 Å². The van der Waals surface area contributed by atoms with E-state index in [1.807, 2.05) is 18.3 Å². The van der Waals surface area contributed by atoms with Crippen LogP contribution in [0.4, 0.5) is 16.0 Å². The number of halogens is 1. The Kier molecular flexibility index (Phi) is 5.37. The van der Waals surface area contributed by atoms with Gasteiger partial charge in [-0.1, -0.05) is 32.2 Å². The lowest BCUT2D eigenvalue weighted by Gasteiger charge is -2.20. The summed E-state index contributed by atoms with van der Waals surface area (Å²) in [7, 11) is 1.63. The molecule has 4 aromatic rings. The van der Waals surface area contributed by atoms with Crippen molar-refractivity contribution in [2.45, 2.75) is 6.54 Å². The smallest absolute Gasteiger partial charge is 0.186 e. The van der Waals surface area contributed by atoms with Crippen molar-refractivity contribution >= 4 is 35.8 Å². The van der Waals surface area contributed by atoms with E-state index in [2.05, 4.69) is 40.5 Å². The van der Waals surface area contributed by atoms with Crippen LogP contribution in [0.3, 0.4) is 0 Å². The van der Waals surface area contributed by atoms with Crippen molar-refractivity contribution in [3.63, 3.8) is 0 Å². The molecule has 0 saturated carbocycles. The fourth-order valence-corrected chi connectivity index (χ4v) is 4.01. The molecule has 0 radical (unpaired) electrons. The summed E-state index contributed by atoms with van der Waals surface area (Å²) in [6.07, 6.45) is 3.45. The first-order valence-corrected chi connectivity index (χ1v) is 11.6. The maximum atomic E-state index is 14.6. The summed E-state index contributed by atoms with van der Waals surface area (Å²) >= 11 is 0. The zero-order chi connectivity index (χ0) is 21.4. The Morgan fingerprint density at radius 1 is 1.17 bits per heavy atom. The third-order valence-electron chi connectivity index (χ3n) is 4.86. The number of rotatable bonds is 5. The molecule has 4 rings (SSSR count). The van der Waals surface area contributed by atoms with Gasteiger partial charge in [0.15, 0.2) is 11.6 Å². The minimum Gasteiger partial charge on any atom is -0.381 e. The Bertz CT molecular complexity index is 1200. The second-order valence-electron chi connectivity index (χ2n) is 7.34. The van der Waals surface area contributed by atoms with E-state index in [-0.39, 0.29) is 26.1 Å². The predicted molar refractivity (Wildman–Crippen MR) is 121 cm³/mol. The highest BCUT2D eigenvalue weighted by Gasteiger charge is 2.15. The Balaban J connectivity index is 1.63. The van der Waals surface area contributed by atoms with Crippen molar-refractivity contribution in [3.05, 3.63) is 60.2 Å². The summed E-state index contributed by atoms with van der Waals surface area (Å²) in [6, 6.07) is 11.4. The highest BCUT2D eigenvalue weighted by molar-refractivity contribution is 7.64. The highest BCUT2D eigenvalue weighted by atomic mass is 31.1. The fraction of sp³-hybridized carbons (Fsp3) is 0.190. The molecular formula is C21H23FN7P. The molecule has 154 valence electrons. The van der Waals surface area contributed by atoms with Gasteiger partial charge in [0.05, 0.1) is 24.0 Å². The number of aromatic nitrogens is 4. The third kappa shape index (κ3) is 3.97. The van der Waals surface area contributed by atoms with Gasteiger partial charge in [-0.05, 0) is 24.7 Å². The number of hydrogen-bond donors (Lipinski definition) is 2. The van der Waals surface area contributed by atoms with E-state index in [1.54, 1.807) is 24.0 Å². The number of hydrazine groups is 1. The maximum Gasteiger partial charge on any atom is 0.186 e. The Morgan fingerprint density at radius 2 is 1.90 bits per heavy atom. The second-order valence-corrected chi connectivity index (χ2v) is 9.64. The van der Waals surface area contributed by atoms with E-state index >= 15 is 0 Å². The number of nitrogen functional groups attached to an aromatic ring is 1. The van der Waals surface area contributed by atoms with Crippen LogP contribution in [-0.2, 0) is 13.6 Å². The van der Waals surface area contributed by atoms with Crippen molar-refractivity contribution in [2.75, 3.05) is 24.1 Å². The average Bonchev–Trinajstić information content (AvgIpc) is 3.07. The molecule has 0 spiro atoms. The summed E-state index contributed by atoms with van der Waals surface area (Å²) in [5.41, 5.74) is 8.61. The Hall–Kier alpha value is -3.09. The SMILES string of the molecule is Cn1cc2cc(CN(N)c3nc(-c4ccc(P(C)C)cc4)cnc3N)c(F)cc2n1. The van der Waals surface area contributed by atoms with Crippen molar-refractivity contribution in [1.29, 1.82) is 0 Å². The van der Waals surface area contributed by atoms with Gasteiger partial charge in [0.1, 0.15) is 5.82 Å². The van der Waals surface area contributed by atoms with Crippen LogP contribution in [0.2, 0.25) is 0 Å². The molecule has 0 atom stereocenters. The molecule has 2 heterocycles. The minimum atomic E-state index is -0.384. The zero-order valence-electron chi connectivity index (χ0n) is 17.0. The van der Waals surface area contributed by atoms with Crippen LogP contribution in [0.15, 0.2) is 48.8 Å². The summed E-state index contributed by atoms with van der Waals surface area (Å²) in [5.74, 6) is 6.33. The van der Waals surface area contributed by atoms with Gasteiger partial charge < -0.3 is 5.73 Å². The number of aryl methyl sites for hydroxylation is 1. The minimum absolute atomic E-state index is 0.0912. The first-order chi connectivity index (χ1) is 14.3. The molecule has 0 amide bonds. The van der Waals surface area contributed by atoms with E-state index in [9.17, 15) is 4.39 Å². The van der Waals surface area contributed by atoms with E-state index in [1.165, 1.54) is 16.4 Å². The van der Waals surface area contributed by atoms with Gasteiger partial charge in [0.25, 0.3) is 0 Å². The van der Waals surface area contributed by atoms with Crippen molar-refractivity contribution in [2.24, 2.45) is 12.9 Å². The van der Waals surface area contributed by atoms with E-state index < -0.39 is 0 Å². The molecule has 9 heteroatoms. The average molecular weight is 423 g/mol. The number of fused-ring (bicyclic) bond motifs is 1. The molecule has 30 heavy (non-hydrogen) atoms. The molecule has 0 aliphatic heterocycles. The summed E-state index contributed by atoms with van der Waals surface area (Å²) in [5, 5.41) is 7.68. The molecule has 0 bridgehead atoms. The van der Waals surface area contributed by atoms with Gasteiger partial charge >= 0.3 is 0 Å². The van der Waals surface area contributed by atoms with Gasteiger partial charge in [-0.2, -0.15) is 5.10 Å². The number of benzene rings is 2. The first-order valence-electron chi connectivity index (χ1n) is 9.36. The summed E-state index contributed by atoms with van der Waals surface area (Å²) in [4.78, 5) is 8.83. The number of nitrogens with two attached hydrogens (primary N) is 2. The van der Waals surface area contributed by atoms with Crippen LogP contribution in [0.25, 0.3) is 22.2 Å². The third-order valence-corrected chi connectivity index (χ3v) is 6.19. The molecule has 0 saturated heterocycles. The van der Waals surface area contributed by atoms with Crippen molar-refractivity contribution in [1.82, 2.24) is 19.7 Å². The van der Waals surface area contributed by atoms with E-state index in [0.29, 0.717) is 22.6 Å². The van der Waals surface area contributed by atoms with Gasteiger partial charge in [-0.25, -0.2) is 20.2 Å². The molecular weight excluding hydrogens is 400 g/mol. The fourth-order valence-electron chi connectivity index (χ4n) is 3.27. The number of anilines is 2. The van der Waals surface area contributed by atoms with Crippen LogP contribution in [-0.4, -0.2) is 33.1 Å². The standard InChI is InChI=1S/C21H23FN7P/c1-28-11-15-8-14(17(22)9-18(15)27-28)12-29(24)21-20(23)25-10-19(26-21)13-4-6-16(7-5-13)30(2)3/h4-11H,12,24H2,1-3H3,(H2,23,25). The molecule has 2 aromatic heterocycles. The zero-order valence-corrected chi connectivity index (χ0v) is 17.9. The molecule has 0 unspecified atom stereocenters. The first kappa shape index (κ1) is 20.2. The molecule has 0 aliphatic rings. The van der Waals surface area contributed by atoms with Crippen LogP contribution in [0.1, 0.15) is 5.56 Å². The van der Waals surface area contributed by atoms with E-state index in [4.69, 9.17) is 11.6 Å². The monoisotopic (exact) mass is 423 g/mol. The summed E-state index contributed by atoms with van der Waals surface area (Å²) in [6.45, 7) is 4.51. The normalized spacial score (nSPS) is 11.4. The summed E-state index contributed by atoms with van der Waals surface area (Å²) < 4.78 is 16.2. The van der Waals surface area contributed by atoms with Gasteiger partial charge in [-0.15, -0.1) is 0 Å². The van der Waals surface area contributed by atoms with Crippen LogP contribution in [0.5, 0.6) is 0 Å². The molecule has 2 aromatic carbocycles. The lowest BCUT2D eigenvalue weighted by atomic mass is 10.1. The lowest BCUT2D eigenvalue weighted by molar-refractivity contribution is 0.606. The lowest BCUT2D eigenvalue weighted by Crippen LogP contribution is -2.32. The van der Waals surface area contributed by atoms with Crippen molar-refractivity contribution < 1.29 is 4.39 Å². The largest absolute Gasteiger partial charge is 0.381 e. The molecule has 0 aliphatic carbocycles. The van der Waals surface area contributed by atoms with Crippen LogP contribution in [0, 0.1) is 5.82 Å². The van der Waals surface area contributed by atoms with Gasteiger partial charge in [0.2, 0.25) is 0 Å². The second kappa shape index (κ2) is 7.97. The molecule has 4 N–H and O–H groups in total. The van der Waals surface area contributed by atoms with Gasteiger partial charge in [0, 0.05) is 35.8 Å². The number of nitrogens with zero attached hydrogens (tertiary/aromatic N) is 5.